The van der Waals surface area contributed by atoms with Gasteiger partial charge in [-0.1, -0.05) is 0 Å². The van der Waals surface area contributed by atoms with Gasteiger partial charge in [0.25, 0.3) is 0 Å². The number of nitrogens with zero attached hydrogens (tertiary/aromatic N) is 2. The van der Waals surface area contributed by atoms with Crippen molar-refractivity contribution in [3.05, 3.63) is 18.0 Å². The molecule has 3 heteroatoms. The molecule has 1 heterocycles. The van der Waals surface area contributed by atoms with Gasteiger partial charge in [-0.05, 0) is 18.7 Å². The smallest absolute Gasteiger partial charge is 0.0634 e. The summed E-state index contributed by atoms with van der Waals surface area (Å²) >= 11 is 1.69. The van der Waals surface area contributed by atoms with Crippen LogP contribution in [0.15, 0.2) is 17.3 Å². The molecule has 0 atom stereocenters. The standard InChI is InChI=1S/C6H8N2S/c1-5-3-7-8-4-6(5)9-2/h3-4H,1-2H3. The quantitative estimate of drug-likeness (QED) is 0.553. The minimum atomic E-state index is 1.19. The molecule has 0 spiro atoms. The number of thioether (sulfide) groups is 1. The molecule has 0 fully saturated rings. The lowest BCUT2D eigenvalue weighted by molar-refractivity contribution is 0.973. The predicted molar refractivity (Wildman–Crippen MR) is 38.6 cm³/mol. The van der Waals surface area contributed by atoms with Gasteiger partial charge in [0.05, 0.1) is 12.4 Å². The molecular formula is C6H8N2S. The molecule has 0 aromatic carbocycles. The molecule has 48 valence electrons. The van der Waals surface area contributed by atoms with Gasteiger partial charge in [0.1, 0.15) is 0 Å². The summed E-state index contributed by atoms with van der Waals surface area (Å²) in [6.07, 6.45) is 5.58. The van der Waals surface area contributed by atoms with Crippen LogP contribution in [0.3, 0.4) is 0 Å². The second-order valence-corrected chi connectivity index (χ2v) is 2.59. The van der Waals surface area contributed by atoms with Crippen LogP contribution in [0.5, 0.6) is 0 Å². The molecule has 0 bridgehead atoms. The molecule has 0 aliphatic carbocycles. The fourth-order valence-corrected chi connectivity index (χ4v) is 1.11. The van der Waals surface area contributed by atoms with Crippen molar-refractivity contribution >= 4 is 11.8 Å². The van der Waals surface area contributed by atoms with Gasteiger partial charge in [-0.25, -0.2) is 0 Å². The average molecular weight is 140 g/mol. The highest BCUT2D eigenvalue weighted by molar-refractivity contribution is 7.98. The van der Waals surface area contributed by atoms with Crippen LogP contribution in [0.1, 0.15) is 5.56 Å². The first-order valence-electron chi connectivity index (χ1n) is 2.66. The van der Waals surface area contributed by atoms with Crippen molar-refractivity contribution < 1.29 is 0 Å². The van der Waals surface area contributed by atoms with E-state index in [-0.39, 0.29) is 0 Å². The molecule has 1 aromatic rings. The monoisotopic (exact) mass is 140 g/mol. The maximum absolute atomic E-state index is 3.75. The molecule has 0 aliphatic rings. The Balaban J connectivity index is 3.01. The van der Waals surface area contributed by atoms with Crippen molar-refractivity contribution in [2.24, 2.45) is 0 Å². The normalized spacial score (nSPS) is 9.56. The zero-order chi connectivity index (χ0) is 6.69. The largest absolute Gasteiger partial charge is 0.159 e. The average Bonchev–Trinajstić information content (AvgIpc) is 1.89. The number of aromatic nitrogens is 2. The first-order chi connectivity index (χ1) is 4.34. The first-order valence-corrected chi connectivity index (χ1v) is 3.88. The van der Waals surface area contributed by atoms with Gasteiger partial charge in [-0.2, -0.15) is 10.2 Å². The van der Waals surface area contributed by atoms with Crippen molar-refractivity contribution in [1.82, 2.24) is 10.2 Å². The van der Waals surface area contributed by atoms with Gasteiger partial charge in [-0.3, -0.25) is 0 Å². The van der Waals surface area contributed by atoms with Gasteiger partial charge in [-0.15, -0.1) is 11.8 Å². The van der Waals surface area contributed by atoms with Crippen molar-refractivity contribution in [3.8, 4) is 0 Å². The van der Waals surface area contributed by atoms with Crippen molar-refractivity contribution in [2.45, 2.75) is 11.8 Å². The van der Waals surface area contributed by atoms with Crippen LogP contribution in [-0.2, 0) is 0 Å². The topological polar surface area (TPSA) is 25.8 Å². The zero-order valence-electron chi connectivity index (χ0n) is 5.46. The maximum Gasteiger partial charge on any atom is 0.0634 e. The number of hydrogen-bond acceptors (Lipinski definition) is 3. The van der Waals surface area contributed by atoms with Gasteiger partial charge in [0.2, 0.25) is 0 Å². The molecule has 0 N–H and O–H groups in total. The third kappa shape index (κ3) is 1.42. The number of hydrogen-bond donors (Lipinski definition) is 0. The molecule has 0 saturated carbocycles. The second-order valence-electron chi connectivity index (χ2n) is 1.74. The molecular weight excluding hydrogens is 132 g/mol. The fourth-order valence-electron chi connectivity index (χ4n) is 0.585. The van der Waals surface area contributed by atoms with Gasteiger partial charge in [0.15, 0.2) is 0 Å². The summed E-state index contributed by atoms with van der Waals surface area (Å²) < 4.78 is 0. The van der Waals surface area contributed by atoms with Crippen LogP contribution in [-0.4, -0.2) is 16.5 Å². The molecule has 0 aliphatic heterocycles. The SMILES string of the molecule is CSc1cnncc1C. The van der Waals surface area contributed by atoms with Gasteiger partial charge < -0.3 is 0 Å². The lowest BCUT2D eigenvalue weighted by Crippen LogP contribution is -1.83. The third-order valence-electron chi connectivity index (χ3n) is 1.10. The third-order valence-corrected chi connectivity index (χ3v) is 1.97. The van der Waals surface area contributed by atoms with Crippen LogP contribution >= 0.6 is 11.8 Å². The summed E-state index contributed by atoms with van der Waals surface area (Å²) in [6, 6.07) is 0. The predicted octanol–water partition coefficient (Wildman–Crippen LogP) is 1.51. The summed E-state index contributed by atoms with van der Waals surface area (Å²) in [5.41, 5.74) is 1.19. The summed E-state index contributed by atoms with van der Waals surface area (Å²) in [5.74, 6) is 0. The second kappa shape index (κ2) is 2.82. The van der Waals surface area contributed by atoms with E-state index in [2.05, 4.69) is 10.2 Å². The molecule has 0 amide bonds. The van der Waals surface area contributed by atoms with Gasteiger partial charge >= 0.3 is 0 Å². The van der Waals surface area contributed by atoms with E-state index in [1.54, 1.807) is 24.2 Å². The molecule has 1 aromatic heterocycles. The molecule has 2 nitrogen and oxygen atoms in total. The van der Waals surface area contributed by atoms with Crippen molar-refractivity contribution in [2.75, 3.05) is 6.26 Å². The van der Waals surface area contributed by atoms with E-state index in [1.807, 2.05) is 13.2 Å². The zero-order valence-corrected chi connectivity index (χ0v) is 6.27. The summed E-state index contributed by atoms with van der Waals surface area (Å²) in [7, 11) is 0. The molecule has 0 radical (unpaired) electrons. The van der Waals surface area contributed by atoms with E-state index in [4.69, 9.17) is 0 Å². The Labute approximate surface area is 58.7 Å². The Kier molecular flexibility index (Phi) is 2.05. The highest BCUT2D eigenvalue weighted by atomic mass is 32.2. The van der Waals surface area contributed by atoms with E-state index >= 15 is 0 Å². The van der Waals surface area contributed by atoms with Crippen LogP contribution in [0.25, 0.3) is 0 Å². The van der Waals surface area contributed by atoms with E-state index in [1.165, 1.54) is 10.5 Å². The Hall–Kier alpha value is -0.570. The van der Waals surface area contributed by atoms with E-state index in [0.29, 0.717) is 0 Å². The Morgan fingerprint density at radius 2 is 2.00 bits per heavy atom. The van der Waals surface area contributed by atoms with Crippen LogP contribution in [0.4, 0.5) is 0 Å². The minimum absolute atomic E-state index is 1.19. The lowest BCUT2D eigenvalue weighted by atomic mass is 10.4. The summed E-state index contributed by atoms with van der Waals surface area (Å²) in [4.78, 5) is 1.20. The Morgan fingerprint density at radius 3 is 2.44 bits per heavy atom. The maximum atomic E-state index is 3.75. The molecule has 1 rings (SSSR count). The Bertz CT molecular complexity index is 200. The molecule has 9 heavy (non-hydrogen) atoms. The highest BCUT2D eigenvalue weighted by Gasteiger charge is 1.92. The molecule has 0 unspecified atom stereocenters. The summed E-state index contributed by atoms with van der Waals surface area (Å²) in [6.45, 7) is 2.03. The van der Waals surface area contributed by atoms with E-state index < -0.39 is 0 Å². The van der Waals surface area contributed by atoms with E-state index in [9.17, 15) is 0 Å². The number of aryl methyl sites for hydroxylation is 1. The van der Waals surface area contributed by atoms with Crippen LogP contribution < -0.4 is 0 Å². The van der Waals surface area contributed by atoms with Crippen molar-refractivity contribution in [1.29, 1.82) is 0 Å². The fraction of sp³-hybridized carbons (Fsp3) is 0.333. The van der Waals surface area contributed by atoms with Crippen molar-refractivity contribution in [3.63, 3.8) is 0 Å². The first kappa shape index (κ1) is 6.55. The number of rotatable bonds is 1. The lowest BCUT2D eigenvalue weighted by Gasteiger charge is -1.95. The van der Waals surface area contributed by atoms with Gasteiger partial charge in [0, 0.05) is 4.90 Å². The van der Waals surface area contributed by atoms with Crippen LogP contribution in [0, 0.1) is 6.92 Å². The highest BCUT2D eigenvalue weighted by Crippen LogP contribution is 2.15. The molecule has 0 saturated heterocycles. The summed E-state index contributed by atoms with van der Waals surface area (Å²) in [5, 5.41) is 7.48. The van der Waals surface area contributed by atoms with E-state index in [0.717, 1.165) is 0 Å². The Morgan fingerprint density at radius 1 is 1.33 bits per heavy atom. The minimum Gasteiger partial charge on any atom is -0.159 e. The van der Waals surface area contributed by atoms with Crippen LogP contribution in [0.2, 0.25) is 0 Å².